The number of nitrogens with zero attached hydrogens (tertiary/aromatic N) is 2. The predicted molar refractivity (Wildman–Crippen MR) is 175 cm³/mol. The van der Waals surface area contributed by atoms with Crippen molar-refractivity contribution in [2.45, 2.75) is 71.7 Å². The fourth-order valence-corrected chi connectivity index (χ4v) is 5.42. The van der Waals surface area contributed by atoms with E-state index in [2.05, 4.69) is 29.7 Å². The number of aryl methyl sites for hydroxylation is 1. The highest BCUT2D eigenvalue weighted by Crippen LogP contribution is 2.17. The van der Waals surface area contributed by atoms with Gasteiger partial charge in [0.05, 0.1) is 12.1 Å². The number of rotatable bonds is 17. The highest BCUT2D eigenvalue weighted by Gasteiger charge is 2.25. The summed E-state index contributed by atoms with van der Waals surface area (Å²) in [6.07, 6.45) is 1.46. The number of hydrogen-bond donors (Lipinski definition) is 3. The number of amides is 2. The van der Waals surface area contributed by atoms with Crippen LogP contribution in [0.4, 0.5) is 8.78 Å². The second-order valence-corrected chi connectivity index (χ2v) is 11.9. The van der Waals surface area contributed by atoms with Crippen LogP contribution in [0.25, 0.3) is 0 Å². The molecule has 0 heterocycles. The molecule has 3 aromatic rings. The minimum atomic E-state index is -1.08. The third-order valence-electron chi connectivity index (χ3n) is 7.52. The van der Waals surface area contributed by atoms with Crippen LogP contribution in [0.1, 0.15) is 76.6 Å². The number of nitrogens with one attached hydrogen (secondary N) is 2. The van der Waals surface area contributed by atoms with Gasteiger partial charge in [0.1, 0.15) is 11.6 Å². The van der Waals surface area contributed by atoms with Crippen molar-refractivity contribution >= 4 is 11.8 Å². The first-order valence-electron chi connectivity index (χ1n) is 15.8. The van der Waals surface area contributed by atoms with Crippen LogP contribution in [0.5, 0.6) is 0 Å². The molecule has 7 nitrogen and oxygen atoms in total. The van der Waals surface area contributed by atoms with Crippen LogP contribution in [0.2, 0.25) is 0 Å². The van der Waals surface area contributed by atoms with Gasteiger partial charge >= 0.3 is 0 Å². The molecule has 0 radical (unpaired) electrons. The number of hydrogen-bond acceptors (Lipinski definition) is 5. The minimum absolute atomic E-state index is 0.00145. The summed E-state index contributed by atoms with van der Waals surface area (Å²) < 4.78 is 28.1. The zero-order chi connectivity index (χ0) is 32.9. The molecule has 0 aromatic heterocycles. The molecule has 0 bridgehead atoms. The van der Waals surface area contributed by atoms with E-state index in [9.17, 15) is 23.5 Å². The molecule has 3 N–H and O–H groups in total. The molecule has 3 aromatic carbocycles. The number of carbonyl (C=O) groups excluding carboxylic acids is 2. The number of benzene rings is 3. The van der Waals surface area contributed by atoms with Gasteiger partial charge in [-0.2, -0.15) is 0 Å². The molecule has 0 aliphatic rings. The van der Waals surface area contributed by atoms with E-state index in [1.165, 1.54) is 17.7 Å². The van der Waals surface area contributed by atoms with Gasteiger partial charge in [-0.3, -0.25) is 9.59 Å². The Morgan fingerprint density at radius 3 is 2.09 bits per heavy atom. The van der Waals surface area contributed by atoms with E-state index < -0.39 is 29.7 Å². The average Bonchev–Trinajstić information content (AvgIpc) is 2.99. The van der Waals surface area contributed by atoms with Crippen molar-refractivity contribution in [3.05, 3.63) is 106 Å². The van der Waals surface area contributed by atoms with Crippen molar-refractivity contribution < 1.29 is 23.5 Å². The van der Waals surface area contributed by atoms with Crippen LogP contribution < -0.4 is 10.6 Å². The largest absolute Gasteiger partial charge is 0.390 e. The van der Waals surface area contributed by atoms with E-state index in [4.69, 9.17) is 0 Å². The normalized spacial score (nSPS) is 12.6. The summed E-state index contributed by atoms with van der Waals surface area (Å²) in [5.41, 5.74) is 4.06. The topological polar surface area (TPSA) is 84.9 Å². The van der Waals surface area contributed by atoms with Crippen molar-refractivity contribution in [2.24, 2.45) is 0 Å². The monoisotopic (exact) mass is 622 g/mol. The molecule has 244 valence electrons. The summed E-state index contributed by atoms with van der Waals surface area (Å²) in [6.45, 7) is 8.49. The summed E-state index contributed by atoms with van der Waals surface area (Å²) in [5, 5.41) is 17.4. The van der Waals surface area contributed by atoms with Gasteiger partial charge in [-0.15, -0.1) is 0 Å². The predicted octanol–water partition coefficient (Wildman–Crippen LogP) is 5.34. The van der Waals surface area contributed by atoms with Crippen LogP contribution in [-0.2, 0) is 25.9 Å². The Hall–Kier alpha value is -3.66. The number of carbonyl (C=O) groups is 2. The van der Waals surface area contributed by atoms with E-state index in [0.717, 1.165) is 36.5 Å². The molecule has 0 fully saturated rings. The maximum atomic E-state index is 14.1. The standard InChI is InChI=1S/C36H48F2N4O3/c1-6-12-42(13-7-2)36(45)30-16-28(24-41(4)5)15-29(20-30)35(44)40-33(19-27-17-31(37)21-32(38)18-27)34(43)23-39-22-26-11-9-10-25(8-3)14-26/h9-11,14-18,20-21,33-34,39,43H,6-8,12-13,19,22-24H2,1-5H3,(H,40,44). The Kier molecular flexibility index (Phi) is 14.1. The van der Waals surface area contributed by atoms with Gasteiger partial charge in [0.2, 0.25) is 0 Å². The van der Waals surface area contributed by atoms with E-state index in [-0.39, 0.29) is 24.4 Å². The first-order valence-corrected chi connectivity index (χ1v) is 15.8. The molecule has 0 aliphatic carbocycles. The van der Waals surface area contributed by atoms with Crippen LogP contribution in [0.15, 0.2) is 60.7 Å². The quantitative estimate of drug-likeness (QED) is 0.189. The van der Waals surface area contributed by atoms with E-state index >= 15 is 0 Å². The average molecular weight is 623 g/mol. The number of halogens is 2. The van der Waals surface area contributed by atoms with Crippen LogP contribution in [0.3, 0.4) is 0 Å². The smallest absolute Gasteiger partial charge is 0.253 e. The van der Waals surface area contributed by atoms with E-state index in [1.807, 2.05) is 51.0 Å². The van der Waals surface area contributed by atoms with Crippen LogP contribution in [-0.4, -0.2) is 72.6 Å². The molecule has 45 heavy (non-hydrogen) atoms. The molecule has 0 aliphatic heterocycles. The maximum Gasteiger partial charge on any atom is 0.253 e. The van der Waals surface area contributed by atoms with Gasteiger partial charge < -0.3 is 25.5 Å². The lowest BCUT2D eigenvalue weighted by Gasteiger charge is -2.26. The molecular weight excluding hydrogens is 574 g/mol. The fraction of sp³-hybridized carbons (Fsp3) is 0.444. The van der Waals surface area contributed by atoms with Crippen molar-refractivity contribution in [2.75, 3.05) is 33.7 Å². The van der Waals surface area contributed by atoms with Crippen LogP contribution >= 0.6 is 0 Å². The Morgan fingerprint density at radius 1 is 0.822 bits per heavy atom. The zero-order valence-electron chi connectivity index (χ0n) is 27.2. The molecular formula is C36H48F2N4O3. The van der Waals surface area contributed by atoms with Gasteiger partial charge in [-0.05, 0) is 92.4 Å². The fourth-order valence-electron chi connectivity index (χ4n) is 5.42. The van der Waals surface area contributed by atoms with E-state index in [1.54, 1.807) is 17.0 Å². The molecule has 2 unspecified atom stereocenters. The molecule has 0 saturated heterocycles. The minimum Gasteiger partial charge on any atom is -0.390 e. The SMILES string of the molecule is CCCN(CCC)C(=O)c1cc(CN(C)C)cc(C(=O)NC(Cc2cc(F)cc(F)c2)C(O)CNCc2cccc(CC)c2)c1. The molecule has 3 rings (SSSR count). The first kappa shape index (κ1) is 35.8. The zero-order valence-corrected chi connectivity index (χ0v) is 27.2. The van der Waals surface area contributed by atoms with Gasteiger partial charge in [0.25, 0.3) is 11.8 Å². The Bertz CT molecular complexity index is 1390. The number of aliphatic hydroxyl groups excluding tert-OH is 1. The van der Waals surface area contributed by atoms with Crippen LogP contribution in [0, 0.1) is 11.6 Å². The van der Waals surface area contributed by atoms with Gasteiger partial charge in [0, 0.05) is 49.9 Å². The summed E-state index contributed by atoms with van der Waals surface area (Å²) in [6, 6.07) is 15.6. The summed E-state index contributed by atoms with van der Waals surface area (Å²) in [4.78, 5) is 31.0. The third kappa shape index (κ3) is 11.3. The maximum absolute atomic E-state index is 14.1. The van der Waals surface area contributed by atoms with Crippen molar-refractivity contribution in [3.8, 4) is 0 Å². The Labute approximate surface area is 266 Å². The third-order valence-corrected chi connectivity index (χ3v) is 7.52. The highest BCUT2D eigenvalue weighted by atomic mass is 19.1. The summed E-state index contributed by atoms with van der Waals surface area (Å²) in [7, 11) is 3.81. The molecule has 9 heteroatoms. The number of aliphatic hydroxyl groups is 1. The second kappa shape index (κ2) is 17.7. The highest BCUT2D eigenvalue weighted by molar-refractivity contribution is 6.00. The first-order chi connectivity index (χ1) is 21.5. The Morgan fingerprint density at radius 2 is 1.47 bits per heavy atom. The summed E-state index contributed by atoms with van der Waals surface area (Å²) in [5.74, 6) is -2.10. The Balaban J connectivity index is 1.88. The lowest BCUT2D eigenvalue weighted by molar-refractivity contribution is 0.0755. The molecule has 2 atom stereocenters. The summed E-state index contributed by atoms with van der Waals surface area (Å²) >= 11 is 0. The van der Waals surface area contributed by atoms with Crippen molar-refractivity contribution in [1.82, 2.24) is 20.4 Å². The molecule has 2 amide bonds. The van der Waals surface area contributed by atoms with Crippen molar-refractivity contribution in [1.29, 1.82) is 0 Å². The van der Waals surface area contributed by atoms with E-state index in [0.29, 0.717) is 37.3 Å². The second-order valence-electron chi connectivity index (χ2n) is 11.9. The van der Waals surface area contributed by atoms with Gasteiger partial charge in [-0.1, -0.05) is 45.0 Å². The molecule has 0 saturated carbocycles. The van der Waals surface area contributed by atoms with Crippen molar-refractivity contribution in [3.63, 3.8) is 0 Å². The van der Waals surface area contributed by atoms with Gasteiger partial charge in [-0.25, -0.2) is 8.78 Å². The molecule has 0 spiro atoms. The lowest BCUT2D eigenvalue weighted by Crippen LogP contribution is -2.48. The van der Waals surface area contributed by atoms with Gasteiger partial charge in [0.15, 0.2) is 0 Å². The lowest BCUT2D eigenvalue weighted by atomic mass is 9.99.